The molecule has 0 saturated carbocycles. The highest BCUT2D eigenvalue weighted by atomic mass is 19.1. The number of benzene rings is 3. The Morgan fingerprint density at radius 2 is 1.73 bits per heavy atom. The molecule has 0 aliphatic carbocycles. The lowest BCUT2D eigenvalue weighted by Crippen LogP contribution is -2.38. The van der Waals surface area contributed by atoms with Crippen LogP contribution in [0.3, 0.4) is 0 Å². The average molecular weight is 407 g/mol. The van der Waals surface area contributed by atoms with Crippen molar-refractivity contribution >= 4 is 5.91 Å². The summed E-state index contributed by atoms with van der Waals surface area (Å²) in [6.45, 7) is 0.213. The summed E-state index contributed by atoms with van der Waals surface area (Å²) in [4.78, 5) is 12.7. The molecule has 3 aromatic rings. The van der Waals surface area contributed by atoms with Crippen LogP contribution in [0.25, 0.3) is 0 Å². The minimum Gasteiger partial charge on any atom is -0.497 e. The SMILES string of the molecule is COc1ccc(C[C@H](Cc2ccc3c(c2)OCO3)NC(=O)c2cccc(F)c2)cc1. The van der Waals surface area contributed by atoms with Crippen LogP contribution >= 0.6 is 0 Å². The molecule has 30 heavy (non-hydrogen) atoms. The lowest BCUT2D eigenvalue weighted by Gasteiger charge is -2.20. The van der Waals surface area contributed by atoms with Crippen LogP contribution < -0.4 is 19.5 Å². The second-order valence-corrected chi connectivity index (χ2v) is 7.12. The smallest absolute Gasteiger partial charge is 0.251 e. The second kappa shape index (κ2) is 8.86. The molecular weight excluding hydrogens is 385 g/mol. The van der Waals surface area contributed by atoms with Crippen LogP contribution in [0.1, 0.15) is 21.5 Å². The van der Waals surface area contributed by atoms with E-state index in [0.717, 1.165) is 16.9 Å². The third-order valence-corrected chi connectivity index (χ3v) is 4.98. The summed E-state index contributed by atoms with van der Waals surface area (Å²) in [5.74, 6) is 1.44. The molecule has 0 spiro atoms. The maximum atomic E-state index is 13.5. The second-order valence-electron chi connectivity index (χ2n) is 7.12. The Labute approximate surface area is 174 Å². The number of nitrogens with one attached hydrogen (secondary N) is 1. The van der Waals surface area contributed by atoms with Gasteiger partial charge in [0.15, 0.2) is 11.5 Å². The van der Waals surface area contributed by atoms with Crippen LogP contribution in [0.5, 0.6) is 17.2 Å². The highest BCUT2D eigenvalue weighted by molar-refractivity contribution is 5.94. The van der Waals surface area contributed by atoms with E-state index in [4.69, 9.17) is 14.2 Å². The zero-order valence-electron chi connectivity index (χ0n) is 16.6. The van der Waals surface area contributed by atoms with E-state index in [1.165, 1.54) is 18.2 Å². The predicted molar refractivity (Wildman–Crippen MR) is 111 cm³/mol. The van der Waals surface area contributed by atoms with Gasteiger partial charge in [0.1, 0.15) is 11.6 Å². The fourth-order valence-corrected chi connectivity index (χ4v) is 3.47. The monoisotopic (exact) mass is 407 g/mol. The van der Waals surface area contributed by atoms with Crippen molar-refractivity contribution in [3.8, 4) is 17.2 Å². The zero-order chi connectivity index (χ0) is 20.9. The van der Waals surface area contributed by atoms with E-state index in [1.54, 1.807) is 13.2 Å². The summed E-state index contributed by atoms with van der Waals surface area (Å²) in [6.07, 6.45) is 1.20. The number of rotatable bonds is 7. The highest BCUT2D eigenvalue weighted by Crippen LogP contribution is 2.33. The van der Waals surface area contributed by atoms with Gasteiger partial charge in [0.05, 0.1) is 7.11 Å². The van der Waals surface area contributed by atoms with Crippen molar-refractivity contribution in [3.63, 3.8) is 0 Å². The molecule has 1 heterocycles. The number of carbonyl (C=O) groups is 1. The third-order valence-electron chi connectivity index (χ3n) is 4.98. The molecule has 1 atom stereocenters. The topological polar surface area (TPSA) is 56.8 Å². The Morgan fingerprint density at radius 1 is 1.00 bits per heavy atom. The molecule has 6 heteroatoms. The molecular formula is C24H22FNO4. The van der Waals surface area contributed by atoms with Crippen LogP contribution in [0.15, 0.2) is 66.7 Å². The van der Waals surface area contributed by atoms with Crippen molar-refractivity contribution in [1.29, 1.82) is 0 Å². The molecule has 0 aromatic heterocycles. The maximum Gasteiger partial charge on any atom is 0.251 e. The number of carbonyl (C=O) groups excluding carboxylic acids is 1. The number of methoxy groups -OCH3 is 1. The van der Waals surface area contributed by atoms with Crippen molar-refractivity contribution < 1.29 is 23.4 Å². The minimum atomic E-state index is -0.440. The zero-order valence-corrected chi connectivity index (χ0v) is 16.6. The van der Waals surface area contributed by atoms with Gasteiger partial charge in [0.2, 0.25) is 6.79 Å². The van der Waals surface area contributed by atoms with Crippen LogP contribution in [-0.2, 0) is 12.8 Å². The van der Waals surface area contributed by atoms with Gasteiger partial charge >= 0.3 is 0 Å². The Bertz CT molecular complexity index is 1040. The largest absolute Gasteiger partial charge is 0.497 e. The van der Waals surface area contributed by atoms with E-state index in [0.29, 0.717) is 29.9 Å². The van der Waals surface area contributed by atoms with Crippen molar-refractivity contribution in [1.82, 2.24) is 5.32 Å². The van der Waals surface area contributed by atoms with Crippen molar-refractivity contribution in [2.75, 3.05) is 13.9 Å². The Hall–Kier alpha value is -3.54. The van der Waals surface area contributed by atoms with E-state index < -0.39 is 5.82 Å². The predicted octanol–water partition coefficient (Wildman–Crippen LogP) is 4.15. The summed E-state index contributed by atoms with van der Waals surface area (Å²) in [6, 6.07) is 19.0. The number of amides is 1. The number of hydrogen-bond donors (Lipinski definition) is 1. The summed E-state index contributed by atoms with van der Waals surface area (Å²) in [5.41, 5.74) is 2.36. The Morgan fingerprint density at radius 3 is 2.50 bits per heavy atom. The number of fused-ring (bicyclic) bond motifs is 1. The fourth-order valence-electron chi connectivity index (χ4n) is 3.47. The molecule has 3 aromatic carbocycles. The molecule has 1 aliphatic rings. The molecule has 1 aliphatic heterocycles. The van der Waals surface area contributed by atoms with Gasteiger partial charge in [-0.25, -0.2) is 4.39 Å². The first-order valence-electron chi connectivity index (χ1n) is 9.68. The van der Waals surface area contributed by atoms with E-state index in [1.807, 2.05) is 42.5 Å². The van der Waals surface area contributed by atoms with Gasteiger partial charge in [-0.3, -0.25) is 4.79 Å². The molecule has 0 fully saturated rings. The molecule has 0 radical (unpaired) electrons. The van der Waals surface area contributed by atoms with Gasteiger partial charge in [0.25, 0.3) is 5.91 Å². The van der Waals surface area contributed by atoms with Crippen molar-refractivity contribution in [2.45, 2.75) is 18.9 Å². The Balaban J connectivity index is 1.54. The van der Waals surface area contributed by atoms with Gasteiger partial charge in [-0.05, 0) is 66.4 Å². The highest BCUT2D eigenvalue weighted by Gasteiger charge is 2.19. The summed E-state index contributed by atoms with van der Waals surface area (Å²) >= 11 is 0. The lowest BCUT2D eigenvalue weighted by molar-refractivity contribution is 0.0936. The van der Waals surface area contributed by atoms with E-state index >= 15 is 0 Å². The summed E-state index contributed by atoms with van der Waals surface area (Å²) in [5, 5.41) is 3.04. The number of hydrogen-bond acceptors (Lipinski definition) is 4. The average Bonchev–Trinajstić information content (AvgIpc) is 3.22. The van der Waals surface area contributed by atoms with Crippen LogP contribution in [0.2, 0.25) is 0 Å². The van der Waals surface area contributed by atoms with Gasteiger partial charge in [-0.1, -0.05) is 24.3 Å². The third kappa shape index (κ3) is 4.71. The van der Waals surface area contributed by atoms with E-state index in [2.05, 4.69) is 5.32 Å². The van der Waals surface area contributed by atoms with E-state index in [9.17, 15) is 9.18 Å². The maximum absolute atomic E-state index is 13.5. The quantitative estimate of drug-likeness (QED) is 0.639. The molecule has 0 bridgehead atoms. The van der Waals surface area contributed by atoms with Crippen LogP contribution in [-0.4, -0.2) is 25.9 Å². The Kier molecular flexibility index (Phi) is 5.84. The van der Waals surface area contributed by atoms with Crippen molar-refractivity contribution in [2.24, 2.45) is 0 Å². The lowest BCUT2D eigenvalue weighted by atomic mass is 9.98. The molecule has 1 amide bonds. The van der Waals surface area contributed by atoms with Gasteiger partial charge in [-0.2, -0.15) is 0 Å². The first-order chi connectivity index (χ1) is 14.6. The fraction of sp³-hybridized carbons (Fsp3) is 0.208. The molecule has 5 nitrogen and oxygen atoms in total. The normalized spacial score (nSPS) is 13.0. The van der Waals surface area contributed by atoms with Gasteiger partial charge in [0, 0.05) is 11.6 Å². The standard InChI is InChI=1S/C24H22FNO4/c1-28-21-8-5-16(6-9-21)11-20(26-24(27)18-3-2-4-19(25)14-18)12-17-7-10-22-23(13-17)30-15-29-22/h2-10,13-14,20H,11-12,15H2,1H3,(H,26,27)/t20-/m1/s1. The molecule has 1 N–H and O–H groups in total. The summed E-state index contributed by atoms with van der Waals surface area (Å²) in [7, 11) is 1.62. The van der Waals surface area contributed by atoms with E-state index in [-0.39, 0.29) is 18.7 Å². The van der Waals surface area contributed by atoms with Crippen LogP contribution in [0, 0.1) is 5.82 Å². The number of ether oxygens (including phenoxy) is 3. The minimum absolute atomic E-state index is 0.200. The molecule has 0 unspecified atom stereocenters. The first kappa shape index (κ1) is 19.8. The summed E-state index contributed by atoms with van der Waals surface area (Å²) < 4.78 is 29.6. The van der Waals surface area contributed by atoms with Crippen molar-refractivity contribution in [3.05, 3.63) is 89.2 Å². The van der Waals surface area contributed by atoms with Gasteiger partial charge < -0.3 is 19.5 Å². The molecule has 0 saturated heterocycles. The molecule has 154 valence electrons. The van der Waals surface area contributed by atoms with Gasteiger partial charge in [-0.15, -0.1) is 0 Å². The molecule has 4 rings (SSSR count). The van der Waals surface area contributed by atoms with Crippen LogP contribution in [0.4, 0.5) is 4.39 Å². The number of halogens is 1. The first-order valence-corrected chi connectivity index (χ1v) is 9.68.